The highest BCUT2D eigenvalue weighted by Crippen LogP contribution is 2.22. The van der Waals surface area contributed by atoms with Crippen molar-refractivity contribution >= 4 is 17.3 Å². The van der Waals surface area contributed by atoms with Crippen molar-refractivity contribution in [2.24, 2.45) is 7.05 Å². The third-order valence-electron chi connectivity index (χ3n) is 2.61. The fourth-order valence-electron chi connectivity index (χ4n) is 1.67. The van der Waals surface area contributed by atoms with Gasteiger partial charge >= 0.3 is 5.97 Å². The van der Waals surface area contributed by atoms with Crippen LogP contribution in [-0.4, -0.2) is 20.9 Å². The maximum Gasteiger partial charge on any atom is 0.337 e. The Kier molecular flexibility index (Phi) is 3.37. The number of aromatic nitrogens is 2. The number of anilines is 2. The Labute approximate surface area is 108 Å². The number of benzene rings is 1. The van der Waals surface area contributed by atoms with E-state index in [1.807, 2.05) is 0 Å². The molecule has 0 amide bonds. The number of aryl methyl sites for hydroxylation is 1. The number of rotatable bonds is 4. The third-order valence-corrected chi connectivity index (χ3v) is 2.61. The van der Waals surface area contributed by atoms with E-state index in [2.05, 4.69) is 10.4 Å². The Morgan fingerprint density at radius 2 is 2.32 bits per heavy atom. The maximum atomic E-state index is 13.6. The first-order valence-corrected chi connectivity index (χ1v) is 5.51. The lowest BCUT2D eigenvalue weighted by Crippen LogP contribution is -2.07. The standard InChI is InChI=1S/C12H13FN4O2/c1-17-6-7(5-16-17)4-15-11-2-8(12(18)19)10(14)3-9(11)13/h2-3,5-6,15H,4,14H2,1H3,(H,18,19). The molecule has 1 heterocycles. The summed E-state index contributed by atoms with van der Waals surface area (Å²) in [4.78, 5) is 10.9. The molecule has 0 radical (unpaired) electrons. The Morgan fingerprint density at radius 1 is 1.58 bits per heavy atom. The molecule has 4 N–H and O–H groups in total. The monoisotopic (exact) mass is 264 g/mol. The molecule has 0 aliphatic heterocycles. The first kappa shape index (κ1) is 12.9. The number of hydrogen-bond acceptors (Lipinski definition) is 4. The van der Waals surface area contributed by atoms with Crippen LogP contribution in [0.1, 0.15) is 15.9 Å². The largest absolute Gasteiger partial charge is 0.478 e. The number of nitrogens with zero attached hydrogens (tertiary/aromatic N) is 2. The molecule has 2 aromatic rings. The molecule has 0 fully saturated rings. The lowest BCUT2D eigenvalue weighted by molar-refractivity contribution is 0.0698. The molecule has 0 saturated carbocycles. The number of carbonyl (C=O) groups is 1. The van der Waals surface area contributed by atoms with Gasteiger partial charge in [0.25, 0.3) is 0 Å². The van der Waals surface area contributed by atoms with Crippen LogP contribution >= 0.6 is 0 Å². The van der Waals surface area contributed by atoms with Crippen molar-refractivity contribution < 1.29 is 14.3 Å². The van der Waals surface area contributed by atoms with Crippen LogP contribution in [0, 0.1) is 5.82 Å². The van der Waals surface area contributed by atoms with Gasteiger partial charge in [0.15, 0.2) is 0 Å². The van der Waals surface area contributed by atoms with E-state index in [4.69, 9.17) is 10.8 Å². The summed E-state index contributed by atoms with van der Waals surface area (Å²) in [5.41, 5.74) is 6.16. The van der Waals surface area contributed by atoms with E-state index in [0.29, 0.717) is 6.54 Å². The van der Waals surface area contributed by atoms with Gasteiger partial charge in [-0.15, -0.1) is 0 Å². The average Bonchev–Trinajstić information content (AvgIpc) is 2.73. The highest BCUT2D eigenvalue weighted by molar-refractivity contribution is 5.94. The summed E-state index contributed by atoms with van der Waals surface area (Å²) in [6.45, 7) is 0.341. The molecule has 0 unspecified atom stereocenters. The first-order chi connectivity index (χ1) is 8.97. The van der Waals surface area contributed by atoms with Gasteiger partial charge in [0, 0.05) is 31.0 Å². The molecular formula is C12H13FN4O2. The molecule has 0 spiro atoms. The summed E-state index contributed by atoms with van der Waals surface area (Å²) in [7, 11) is 1.77. The highest BCUT2D eigenvalue weighted by Gasteiger charge is 2.13. The molecule has 0 aliphatic rings. The van der Waals surface area contributed by atoms with Gasteiger partial charge in [0.05, 0.1) is 17.4 Å². The molecule has 0 saturated heterocycles. The van der Waals surface area contributed by atoms with Crippen molar-refractivity contribution in [1.29, 1.82) is 0 Å². The summed E-state index contributed by atoms with van der Waals surface area (Å²) in [5.74, 6) is -1.78. The summed E-state index contributed by atoms with van der Waals surface area (Å²) < 4.78 is 15.3. The van der Waals surface area contributed by atoms with Crippen molar-refractivity contribution in [3.8, 4) is 0 Å². The highest BCUT2D eigenvalue weighted by atomic mass is 19.1. The Bertz CT molecular complexity index is 624. The zero-order chi connectivity index (χ0) is 14.0. The first-order valence-electron chi connectivity index (χ1n) is 5.51. The van der Waals surface area contributed by atoms with Crippen LogP contribution in [0.5, 0.6) is 0 Å². The molecule has 6 nitrogen and oxygen atoms in total. The average molecular weight is 264 g/mol. The number of nitrogens with two attached hydrogens (primary N) is 1. The SMILES string of the molecule is Cn1cc(CNc2cc(C(=O)O)c(N)cc2F)cn1. The van der Waals surface area contributed by atoms with Crippen molar-refractivity contribution in [3.05, 3.63) is 41.5 Å². The zero-order valence-corrected chi connectivity index (χ0v) is 10.2. The number of nitrogen functional groups attached to an aromatic ring is 1. The smallest absolute Gasteiger partial charge is 0.337 e. The van der Waals surface area contributed by atoms with E-state index >= 15 is 0 Å². The van der Waals surface area contributed by atoms with Gasteiger partial charge in [0.2, 0.25) is 0 Å². The van der Waals surface area contributed by atoms with Crippen molar-refractivity contribution in [2.75, 3.05) is 11.1 Å². The van der Waals surface area contributed by atoms with Crippen LogP contribution in [-0.2, 0) is 13.6 Å². The van der Waals surface area contributed by atoms with E-state index in [0.717, 1.165) is 11.6 Å². The van der Waals surface area contributed by atoms with Gasteiger partial charge in [-0.2, -0.15) is 5.10 Å². The summed E-state index contributed by atoms with van der Waals surface area (Å²) in [6, 6.07) is 2.18. The van der Waals surface area contributed by atoms with Gasteiger partial charge in [-0.25, -0.2) is 9.18 Å². The maximum absolute atomic E-state index is 13.6. The molecule has 7 heteroatoms. The van der Waals surface area contributed by atoms with Crippen LogP contribution in [0.25, 0.3) is 0 Å². The Hall–Kier alpha value is -2.57. The Morgan fingerprint density at radius 3 is 2.89 bits per heavy atom. The topological polar surface area (TPSA) is 93.2 Å². The minimum atomic E-state index is -1.19. The molecule has 2 rings (SSSR count). The second-order valence-corrected chi connectivity index (χ2v) is 4.10. The summed E-state index contributed by atoms with van der Waals surface area (Å²) >= 11 is 0. The van der Waals surface area contributed by atoms with Gasteiger partial charge in [-0.1, -0.05) is 0 Å². The lowest BCUT2D eigenvalue weighted by Gasteiger charge is -2.09. The van der Waals surface area contributed by atoms with Crippen LogP contribution < -0.4 is 11.1 Å². The fraction of sp³-hybridized carbons (Fsp3) is 0.167. The quantitative estimate of drug-likeness (QED) is 0.727. The van der Waals surface area contributed by atoms with Crippen molar-refractivity contribution in [1.82, 2.24) is 9.78 Å². The number of hydrogen-bond donors (Lipinski definition) is 3. The number of carboxylic acid groups (broad SMARTS) is 1. The molecule has 100 valence electrons. The number of aromatic carboxylic acids is 1. The second-order valence-electron chi connectivity index (χ2n) is 4.10. The van der Waals surface area contributed by atoms with Gasteiger partial charge in [-0.3, -0.25) is 4.68 Å². The van der Waals surface area contributed by atoms with E-state index in [9.17, 15) is 9.18 Å². The predicted molar refractivity (Wildman–Crippen MR) is 68.3 cm³/mol. The minimum Gasteiger partial charge on any atom is -0.478 e. The fourth-order valence-corrected chi connectivity index (χ4v) is 1.67. The van der Waals surface area contributed by atoms with Crippen LogP contribution in [0.15, 0.2) is 24.5 Å². The van der Waals surface area contributed by atoms with Crippen LogP contribution in [0.2, 0.25) is 0 Å². The van der Waals surface area contributed by atoms with Crippen LogP contribution in [0.4, 0.5) is 15.8 Å². The van der Waals surface area contributed by atoms with Crippen molar-refractivity contribution in [2.45, 2.75) is 6.54 Å². The zero-order valence-electron chi connectivity index (χ0n) is 10.2. The van der Waals surface area contributed by atoms with Gasteiger partial charge in [0.1, 0.15) is 5.82 Å². The Balaban J connectivity index is 2.20. The number of halogens is 1. The van der Waals surface area contributed by atoms with E-state index in [1.165, 1.54) is 6.07 Å². The van der Waals surface area contributed by atoms with E-state index in [-0.39, 0.29) is 16.9 Å². The van der Waals surface area contributed by atoms with Crippen molar-refractivity contribution in [3.63, 3.8) is 0 Å². The van der Waals surface area contributed by atoms with Crippen LogP contribution in [0.3, 0.4) is 0 Å². The van der Waals surface area contributed by atoms with Gasteiger partial charge < -0.3 is 16.2 Å². The summed E-state index contributed by atoms with van der Waals surface area (Å²) in [6.07, 6.45) is 3.42. The predicted octanol–water partition coefficient (Wildman–Crippen LogP) is 1.45. The molecule has 0 atom stereocenters. The second kappa shape index (κ2) is 4.97. The van der Waals surface area contributed by atoms with E-state index in [1.54, 1.807) is 24.1 Å². The summed E-state index contributed by atoms with van der Waals surface area (Å²) in [5, 5.41) is 15.7. The molecule has 0 aliphatic carbocycles. The molecule has 1 aromatic heterocycles. The minimum absolute atomic E-state index is 0.0930. The number of carboxylic acids is 1. The molecule has 1 aromatic carbocycles. The molecular weight excluding hydrogens is 251 g/mol. The molecule has 19 heavy (non-hydrogen) atoms. The normalized spacial score (nSPS) is 10.4. The number of nitrogens with one attached hydrogen (secondary N) is 1. The molecule has 0 bridgehead atoms. The van der Waals surface area contributed by atoms with E-state index < -0.39 is 11.8 Å². The third kappa shape index (κ3) is 2.82. The lowest BCUT2D eigenvalue weighted by atomic mass is 10.1. The van der Waals surface area contributed by atoms with Gasteiger partial charge in [-0.05, 0) is 12.1 Å².